The van der Waals surface area contributed by atoms with Crippen molar-refractivity contribution in [2.45, 2.75) is 31.2 Å². The minimum Gasteiger partial charge on any atom is -0.493 e. The number of piperidine rings is 1. The summed E-state index contributed by atoms with van der Waals surface area (Å²) in [6.45, 7) is 3.94. The van der Waals surface area contributed by atoms with Crippen LogP contribution < -0.4 is 15.2 Å². The molecule has 170 valence electrons. The molecule has 0 aromatic heterocycles. The first kappa shape index (κ1) is 22.4. The van der Waals surface area contributed by atoms with Crippen LogP contribution in [0, 0.1) is 0 Å². The Morgan fingerprint density at radius 1 is 1.19 bits per heavy atom. The third kappa shape index (κ3) is 4.97. The van der Waals surface area contributed by atoms with Gasteiger partial charge in [-0.25, -0.2) is 0 Å². The van der Waals surface area contributed by atoms with E-state index in [0.717, 1.165) is 55.0 Å². The van der Waals surface area contributed by atoms with Crippen LogP contribution >= 0.6 is 0 Å². The van der Waals surface area contributed by atoms with Gasteiger partial charge in [0.2, 0.25) is 5.91 Å². The second-order valence-electron chi connectivity index (χ2n) is 8.53. The summed E-state index contributed by atoms with van der Waals surface area (Å²) >= 11 is 0. The zero-order valence-electron chi connectivity index (χ0n) is 18.7. The number of nitrogens with zero attached hydrogens (tertiary/aromatic N) is 1. The Bertz CT molecular complexity index is 964. The van der Waals surface area contributed by atoms with Crippen molar-refractivity contribution in [1.29, 1.82) is 0 Å². The van der Waals surface area contributed by atoms with Crippen molar-refractivity contribution < 1.29 is 19.0 Å². The van der Waals surface area contributed by atoms with Crippen LogP contribution in [0.25, 0.3) is 6.08 Å². The fourth-order valence-electron chi connectivity index (χ4n) is 4.48. The highest BCUT2D eigenvalue weighted by molar-refractivity contribution is 5.92. The molecule has 2 aromatic rings. The Hall–Kier alpha value is -2.83. The van der Waals surface area contributed by atoms with Crippen molar-refractivity contribution in [3.63, 3.8) is 0 Å². The van der Waals surface area contributed by atoms with Gasteiger partial charge in [-0.15, -0.1) is 0 Å². The third-order valence-corrected chi connectivity index (χ3v) is 6.43. The number of nitrogens with two attached hydrogens (primary N) is 1. The molecule has 6 heteroatoms. The zero-order valence-corrected chi connectivity index (χ0v) is 18.7. The lowest BCUT2D eigenvalue weighted by atomic mass is 9.74. The SMILES string of the molecule is COCCCOc1cccc(/C=C/C(=O)N2CCC3(CC2)COc2ccc(CN)cc23)c1. The van der Waals surface area contributed by atoms with E-state index in [2.05, 4.69) is 6.07 Å². The molecular formula is C26H32N2O4. The molecule has 1 fully saturated rings. The second kappa shape index (κ2) is 10.2. The zero-order chi connectivity index (χ0) is 22.4. The van der Waals surface area contributed by atoms with E-state index in [4.69, 9.17) is 19.9 Å². The van der Waals surface area contributed by atoms with Crippen molar-refractivity contribution in [2.24, 2.45) is 5.73 Å². The van der Waals surface area contributed by atoms with E-state index < -0.39 is 0 Å². The molecule has 0 radical (unpaired) electrons. The number of benzene rings is 2. The maximum Gasteiger partial charge on any atom is 0.246 e. The van der Waals surface area contributed by atoms with Gasteiger partial charge in [-0.05, 0) is 48.2 Å². The number of carbonyl (C=O) groups excluding carboxylic acids is 1. The molecule has 1 spiro atoms. The molecule has 0 bridgehead atoms. The van der Waals surface area contributed by atoms with Gasteiger partial charge in [0, 0.05) is 56.8 Å². The molecule has 0 saturated carbocycles. The second-order valence-corrected chi connectivity index (χ2v) is 8.53. The summed E-state index contributed by atoms with van der Waals surface area (Å²) in [5.41, 5.74) is 9.16. The summed E-state index contributed by atoms with van der Waals surface area (Å²) in [6.07, 6.45) is 6.16. The van der Waals surface area contributed by atoms with Gasteiger partial charge in [-0.2, -0.15) is 0 Å². The van der Waals surface area contributed by atoms with Crippen molar-refractivity contribution in [1.82, 2.24) is 4.90 Å². The molecule has 1 amide bonds. The Balaban J connectivity index is 1.34. The number of ether oxygens (including phenoxy) is 3. The van der Waals surface area contributed by atoms with E-state index in [9.17, 15) is 4.79 Å². The average molecular weight is 437 g/mol. The van der Waals surface area contributed by atoms with E-state index in [1.807, 2.05) is 47.4 Å². The fourth-order valence-corrected chi connectivity index (χ4v) is 4.48. The number of methoxy groups -OCH3 is 1. The summed E-state index contributed by atoms with van der Waals surface area (Å²) < 4.78 is 16.7. The van der Waals surface area contributed by atoms with E-state index in [-0.39, 0.29) is 11.3 Å². The van der Waals surface area contributed by atoms with Gasteiger partial charge in [0.15, 0.2) is 0 Å². The minimum atomic E-state index is -0.00447. The van der Waals surface area contributed by atoms with Crippen LogP contribution in [0.5, 0.6) is 11.5 Å². The van der Waals surface area contributed by atoms with E-state index in [1.165, 1.54) is 5.56 Å². The van der Waals surface area contributed by atoms with Crippen LogP contribution in [0.1, 0.15) is 36.0 Å². The van der Waals surface area contributed by atoms with E-state index in [0.29, 0.717) is 26.4 Å². The third-order valence-electron chi connectivity index (χ3n) is 6.43. The minimum absolute atomic E-state index is 0.00447. The first-order valence-electron chi connectivity index (χ1n) is 11.3. The highest BCUT2D eigenvalue weighted by Gasteiger charge is 2.43. The Kier molecular flexibility index (Phi) is 7.12. The molecule has 0 unspecified atom stereocenters. The standard InChI is InChI=1S/C26H32N2O4/c1-30-14-3-15-31-22-5-2-4-20(16-22)7-9-25(29)28-12-10-26(11-13-28)19-32-24-8-6-21(18-27)17-23(24)26/h2,4-9,16-17H,3,10-15,18-19,27H2,1H3/b9-7+. The highest BCUT2D eigenvalue weighted by Crippen LogP contribution is 2.45. The van der Waals surface area contributed by atoms with Crippen LogP contribution in [0.4, 0.5) is 0 Å². The maximum atomic E-state index is 12.8. The topological polar surface area (TPSA) is 74.0 Å². The van der Waals surface area contributed by atoms with Gasteiger partial charge >= 0.3 is 0 Å². The summed E-state index contributed by atoms with van der Waals surface area (Å²) in [6, 6.07) is 14.0. The number of fused-ring (bicyclic) bond motifs is 2. The molecule has 2 aromatic carbocycles. The molecule has 1 saturated heterocycles. The summed E-state index contributed by atoms with van der Waals surface area (Å²) in [7, 11) is 1.68. The van der Waals surface area contributed by atoms with Gasteiger partial charge in [-0.3, -0.25) is 4.79 Å². The average Bonchev–Trinajstić information content (AvgIpc) is 3.18. The van der Waals surface area contributed by atoms with Crippen LogP contribution in [-0.2, 0) is 21.5 Å². The summed E-state index contributed by atoms with van der Waals surface area (Å²) in [4.78, 5) is 14.7. The number of hydrogen-bond acceptors (Lipinski definition) is 5. The van der Waals surface area contributed by atoms with Gasteiger partial charge in [0.1, 0.15) is 11.5 Å². The van der Waals surface area contributed by atoms with Crippen molar-refractivity contribution in [2.75, 3.05) is 40.0 Å². The Morgan fingerprint density at radius 2 is 2.03 bits per heavy atom. The fraction of sp³-hybridized carbons (Fsp3) is 0.423. The number of amides is 1. The molecule has 2 aliphatic heterocycles. The highest BCUT2D eigenvalue weighted by atomic mass is 16.5. The number of likely N-dealkylation sites (tertiary alicyclic amines) is 1. The molecule has 32 heavy (non-hydrogen) atoms. The number of carbonyl (C=O) groups is 1. The molecule has 0 aliphatic carbocycles. The van der Waals surface area contributed by atoms with Gasteiger partial charge < -0.3 is 24.8 Å². The lowest BCUT2D eigenvalue weighted by Crippen LogP contribution is -2.45. The lowest BCUT2D eigenvalue weighted by molar-refractivity contribution is -0.127. The molecular weight excluding hydrogens is 404 g/mol. The molecule has 4 rings (SSSR count). The van der Waals surface area contributed by atoms with Crippen molar-refractivity contribution >= 4 is 12.0 Å². The van der Waals surface area contributed by atoms with Gasteiger partial charge in [0.25, 0.3) is 0 Å². The van der Waals surface area contributed by atoms with Crippen LogP contribution in [0.3, 0.4) is 0 Å². The smallest absolute Gasteiger partial charge is 0.246 e. The van der Waals surface area contributed by atoms with Crippen LogP contribution in [-0.4, -0.2) is 50.8 Å². The Morgan fingerprint density at radius 3 is 2.81 bits per heavy atom. The van der Waals surface area contributed by atoms with Crippen LogP contribution in [0.15, 0.2) is 48.5 Å². The molecule has 0 atom stereocenters. The monoisotopic (exact) mass is 436 g/mol. The van der Waals surface area contributed by atoms with E-state index in [1.54, 1.807) is 13.2 Å². The van der Waals surface area contributed by atoms with Crippen LogP contribution in [0.2, 0.25) is 0 Å². The Labute approximate surface area is 189 Å². The first-order chi connectivity index (χ1) is 15.6. The van der Waals surface area contributed by atoms with Gasteiger partial charge in [-0.1, -0.05) is 24.3 Å². The normalized spacial score (nSPS) is 16.9. The van der Waals surface area contributed by atoms with Crippen molar-refractivity contribution in [3.8, 4) is 11.5 Å². The molecule has 2 N–H and O–H groups in total. The van der Waals surface area contributed by atoms with Crippen molar-refractivity contribution in [3.05, 3.63) is 65.2 Å². The van der Waals surface area contributed by atoms with E-state index >= 15 is 0 Å². The number of rotatable bonds is 8. The predicted molar refractivity (Wildman–Crippen MR) is 125 cm³/mol. The molecule has 2 aliphatic rings. The van der Waals surface area contributed by atoms with Gasteiger partial charge in [0.05, 0.1) is 13.2 Å². The summed E-state index contributed by atoms with van der Waals surface area (Å²) in [5.74, 6) is 1.81. The maximum absolute atomic E-state index is 12.8. The lowest BCUT2D eigenvalue weighted by Gasteiger charge is -2.38. The summed E-state index contributed by atoms with van der Waals surface area (Å²) in [5, 5.41) is 0. The molecule has 2 heterocycles. The predicted octanol–water partition coefficient (Wildman–Crippen LogP) is 3.53. The first-order valence-corrected chi connectivity index (χ1v) is 11.3. The quantitative estimate of drug-likeness (QED) is 0.506. The molecule has 6 nitrogen and oxygen atoms in total. The number of hydrogen-bond donors (Lipinski definition) is 1. The largest absolute Gasteiger partial charge is 0.493 e.